The van der Waals surface area contributed by atoms with Crippen LogP contribution in [0.1, 0.15) is 45.6 Å². The third-order valence-electron chi connectivity index (χ3n) is 4.02. The largest absolute Gasteiger partial charge is 0.443 e. The van der Waals surface area contributed by atoms with Crippen molar-refractivity contribution in [3.05, 3.63) is 22.3 Å². The van der Waals surface area contributed by atoms with Crippen molar-refractivity contribution in [2.45, 2.75) is 51.5 Å². The van der Waals surface area contributed by atoms with E-state index < -0.39 is 5.60 Å². The zero-order valence-electron chi connectivity index (χ0n) is 15.1. The Kier molecular flexibility index (Phi) is 7.52. The Bertz CT molecular complexity index is 586. The van der Waals surface area contributed by atoms with Gasteiger partial charge in [-0.3, -0.25) is 4.90 Å². The average Bonchev–Trinajstić information content (AvgIpc) is 2.55. The van der Waals surface area contributed by atoms with Crippen LogP contribution in [0.3, 0.4) is 0 Å². The number of alkyl halides is 1. The molecule has 2 heterocycles. The third kappa shape index (κ3) is 6.42. The molecule has 0 saturated carbocycles. The lowest BCUT2D eigenvalue weighted by atomic mass is 9.96. The van der Waals surface area contributed by atoms with Crippen molar-refractivity contribution in [1.29, 1.82) is 0 Å². The molecule has 0 unspecified atom stereocenters. The zero-order chi connectivity index (χ0) is 18.4. The zero-order valence-corrected chi connectivity index (χ0v) is 17.4. The Hall–Kier alpha value is -0.850. The van der Waals surface area contributed by atoms with Gasteiger partial charge >= 0.3 is 6.09 Å². The third-order valence-corrected chi connectivity index (χ3v) is 4.75. The molecule has 0 aromatic carbocycles. The van der Waals surface area contributed by atoms with Crippen LogP contribution in [0, 0.1) is 5.92 Å². The first-order chi connectivity index (χ1) is 11.8. The van der Waals surface area contributed by atoms with Crippen molar-refractivity contribution in [2.24, 2.45) is 5.92 Å². The van der Waals surface area contributed by atoms with Gasteiger partial charge in [0.1, 0.15) is 11.4 Å². The van der Waals surface area contributed by atoms with E-state index in [1.54, 1.807) is 11.1 Å². The molecule has 1 fully saturated rings. The number of amides is 1. The SMILES string of the molecule is CC(C)(C)OC(=O)N(CCC1CCOCC1)c1ncc(Br)cc1CCl. The standard InChI is InChI=1S/C18H26BrClN2O3/c1-18(2,3)25-17(23)22(7-4-13-5-8-24-9-6-13)16-14(11-20)10-15(19)12-21-16/h10,12-13H,4-9,11H2,1-3H3. The van der Waals surface area contributed by atoms with Gasteiger partial charge in [-0.15, -0.1) is 11.6 Å². The second-order valence-corrected chi connectivity index (χ2v) is 8.43. The van der Waals surface area contributed by atoms with Crippen LogP contribution < -0.4 is 4.90 Å². The van der Waals surface area contributed by atoms with E-state index in [4.69, 9.17) is 21.1 Å². The molecule has 1 aromatic rings. The van der Waals surface area contributed by atoms with E-state index in [2.05, 4.69) is 20.9 Å². The van der Waals surface area contributed by atoms with E-state index >= 15 is 0 Å². The molecule has 1 aromatic heterocycles. The molecular formula is C18H26BrClN2O3. The summed E-state index contributed by atoms with van der Waals surface area (Å²) >= 11 is 9.48. The molecule has 0 N–H and O–H groups in total. The highest BCUT2D eigenvalue weighted by Gasteiger charge is 2.27. The second kappa shape index (κ2) is 9.19. The molecule has 7 heteroatoms. The fraction of sp³-hybridized carbons (Fsp3) is 0.667. The minimum absolute atomic E-state index is 0.276. The van der Waals surface area contributed by atoms with Gasteiger partial charge in [0.05, 0.1) is 5.88 Å². The summed E-state index contributed by atoms with van der Waals surface area (Å²) in [4.78, 5) is 18.8. The van der Waals surface area contributed by atoms with Crippen LogP contribution in [0.5, 0.6) is 0 Å². The van der Waals surface area contributed by atoms with Gasteiger partial charge in [-0.1, -0.05) is 0 Å². The maximum absolute atomic E-state index is 12.8. The van der Waals surface area contributed by atoms with E-state index in [9.17, 15) is 4.79 Å². The number of pyridine rings is 1. The van der Waals surface area contributed by atoms with Crippen molar-refractivity contribution in [3.8, 4) is 0 Å². The molecule has 140 valence electrons. The molecule has 5 nitrogen and oxygen atoms in total. The first-order valence-corrected chi connectivity index (χ1v) is 9.91. The maximum Gasteiger partial charge on any atom is 0.416 e. The number of hydrogen-bond donors (Lipinski definition) is 0. The lowest BCUT2D eigenvalue weighted by Gasteiger charge is -2.30. The monoisotopic (exact) mass is 432 g/mol. The fourth-order valence-corrected chi connectivity index (χ4v) is 3.34. The van der Waals surface area contributed by atoms with Gasteiger partial charge in [0.25, 0.3) is 0 Å². The molecule has 0 bridgehead atoms. The Morgan fingerprint density at radius 2 is 2.12 bits per heavy atom. The van der Waals surface area contributed by atoms with Gasteiger partial charge in [0, 0.05) is 36.0 Å². The van der Waals surface area contributed by atoms with Crippen LogP contribution in [0.15, 0.2) is 16.7 Å². The van der Waals surface area contributed by atoms with E-state index in [1.807, 2.05) is 26.8 Å². The molecule has 1 saturated heterocycles. The number of rotatable bonds is 5. The summed E-state index contributed by atoms with van der Waals surface area (Å²) in [5, 5.41) is 0. The smallest absolute Gasteiger partial charge is 0.416 e. The van der Waals surface area contributed by atoms with Gasteiger partial charge in [0.15, 0.2) is 0 Å². The highest BCUT2D eigenvalue weighted by atomic mass is 79.9. The summed E-state index contributed by atoms with van der Waals surface area (Å²) in [7, 11) is 0. The summed E-state index contributed by atoms with van der Waals surface area (Å²) in [6.07, 6.45) is 4.23. The Morgan fingerprint density at radius 3 is 2.72 bits per heavy atom. The van der Waals surface area contributed by atoms with Gasteiger partial charge in [-0.25, -0.2) is 9.78 Å². The molecule has 0 aliphatic carbocycles. The van der Waals surface area contributed by atoms with Crippen molar-refractivity contribution < 1.29 is 14.3 Å². The predicted octanol–water partition coefficient (Wildman–Crippen LogP) is 5.14. The van der Waals surface area contributed by atoms with Crippen LogP contribution in [0.4, 0.5) is 10.6 Å². The minimum atomic E-state index is -0.565. The molecule has 0 atom stereocenters. The summed E-state index contributed by atoms with van der Waals surface area (Å²) in [5.74, 6) is 1.39. The maximum atomic E-state index is 12.8. The van der Waals surface area contributed by atoms with Crippen LogP contribution in [-0.4, -0.2) is 36.4 Å². The number of nitrogens with zero attached hydrogens (tertiary/aromatic N) is 2. The molecule has 2 rings (SSSR count). The highest BCUT2D eigenvalue weighted by Crippen LogP contribution is 2.27. The molecule has 0 spiro atoms. The van der Waals surface area contributed by atoms with Crippen LogP contribution in [0.2, 0.25) is 0 Å². The lowest BCUT2D eigenvalue weighted by Crippen LogP contribution is -2.39. The normalized spacial score (nSPS) is 15.9. The van der Waals surface area contributed by atoms with Gasteiger partial charge in [0.2, 0.25) is 0 Å². The van der Waals surface area contributed by atoms with E-state index in [0.717, 1.165) is 42.5 Å². The molecule has 25 heavy (non-hydrogen) atoms. The lowest BCUT2D eigenvalue weighted by molar-refractivity contribution is 0.0551. The quantitative estimate of drug-likeness (QED) is 0.603. The first kappa shape index (κ1) is 20.5. The molecule has 0 radical (unpaired) electrons. The van der Waals surface area contributed by atoms with Gasteiger partial charge in [-0.05, 0) is 67.9 Å². The first-order valence-electron chi connectivity index (χ1n) is 8.59. The van der Waals surface area contributed by atoms with Gasteiger partial charge in [-0.2, -0.15) is 0 Å². The van der Waals surface area contributed by atoms with Crippen molar-refractivity contribution in [2.75, 3.05) is 24.7 Å². The summed E-state index contributed by atoms with van der Waals surface area (Å²) < 4.78 is 11.8. The summed E-state index contributed by atoms with van der Waals surface area (Å²) in [5.41, 5.74) is 0.235. The molecule has 1 aliphatic heterocycles. The van der Waals surface area contributed by atoms with E-state index in [-0.39, 0.29) is 12.0 Å². The molecule has 1 aliphatic rings. The number of anilines is 1. The number of hydrogen-bond acceptors (Lipinski definition) is 4. The Morgan fingerprint density at radius 1 is 1.44 bits per heavy atom. The average molecular weight is 434 g/mol. The van der Waals surface area contributed by atoms with Gasteiger partial charge < -0.3 is 9.47 Å². The molecular weight excluding hydrogens is 408 g/mol. The number of halogens is 2. The van der Waals surface area contributed by atoms with Crippen LogP contribution in [-0.2, 0) is 15.4 Å². The van der Waals surface area contributed by atoms with Crippen LogP contribution in [0.25, 0.3) is 0 Å². The Labute approximate surface area is 163 Å². The van der Waals surface area contributed by atoms with Crippen molar-refractivity contribution >= 4 is 39.4 Å². The topological polar surface area (TPSA) is 51.7 Å². The highest BCUT2D eigenvalue weighted by molar-refractivity contribution is 9.10. The minimum Gasteiger partial charge on any atom is -0.443 e. The second-order valence-electron chi connectivity index (χ2n) is 7.25. The van der Waals surface area contributed by atoms with E-state index in [1.165, 1.54) is 0 Å². The number of carbonyl (C=O) groups is 1. The van der Waals surface area contributed by atoms with Crippen LogP contribution >= 0.6 is 27.5 Å². The number of ether oxygens (including phenoxy) is 2. The molecule has 1 amide bonds. The summed E-state index contributed by atoms with van der Waals surface area (Å²) in [6, 6.07) is 1.89. The predicted molar refractivity (Wildman–Crippen MR) is 103 cm³/mol. The van der Waals surface area contributed by atoms with E-state index in [0.29, 0.717) is 18.3 Å². The fourth-order valence-electron chi connectivity index (χ4n) is 2.76. The van der Waals surface area contributed by atoms with Crippen molar-refractivity contribution in [3.63, 3.8) is 0 Å². The van der Waals surface area contributed by atoms with Crippen molar-refractivity contribution in [1.82, 2.24) is 4.98 Å². The number of carbonyl (C=O) groups excluding carboxylic acids is 1. The summed E-state index contributed by atoms with van der Waals surface area (Å²) in [6.45, 7) is 7.72. The Balaban J connectivity index is 2.20. The number of aromatic nitrogens is 1.